The second-order valence-corrected chi connectivity index (χ2v) is 7.97. The molecule has 4 rings (SSSR count). The third-order valence-electron chi connectivity index (χ3n) is 4.82. The fraction of sp³-hybridized carbons (Fsp3) is 0.318. The van der Waals surface area contributed by atoms with Crippen molar-refractivity contribution in [1.29, 1.82) is 0 Å². The van der Waals surface area contributed by atoms with Crippen LogP contribution in [0.15, 0.2) is 47.6 Å². The number of hydrogen-bond donors (Lipinski definition) is 1. The third kappa shape index (κ3) is 5.72. The van der Waals surface area contributed by atoms with Crippen molar-refractivity contribution in [2.24, 2.45) is 0 Å². The number of aromatic nitrogens is 3. The standard InChI is InChI=1S/C22H22F2N4O4S/c1-2-30-16-6-4-15(5-7-16)20-26-27-22(33-21(23)24)28(20)10-9-19(29)25-12-14-3-8-17-18(11-14)32-13-31-17/h3-8,11,21H,2,9-10,12-13H2,1H3,(H,25,29). The number of hydrogen-bond acceptors (Lipinski definition) is 7. The highest BCUT2D eigenvalue weighted by Crippen LogP contribution is 2.32. The number of ether oxygens (including phenoxy) is 3. The van der Waals surface area contributed by atoms with Gasteiger partial charge >= 0.3 is 0 Å². The van der Waals surface area contributed by atoms with Crippen molar-refractivity contribution in [3.05, 3.63) is 48.0 Å². The molecule has 1 aliphatic heterocycles. The lowest BCUT2D eigenvalue weighted by molar-refractivity contribution is -0.121. The van der Waals surface area contributed by atoms with Crippen LogP contribution in [0.3, 0.4) is 0 Å². The van der Waals surface area contributed by atoms with Crippen LogP contribution >= 0.6 is 11.8 Å². The summed E-state index contributed by atoms with van der Waals surface area (Å²) in [5.74, 6) is -0.474. The number of thioether (sulfide) groups is 1. The van der Waals surface area contributed by atoms with Crippen LogP contribution in [0.1, 0.15) is 18.9 Å². The smallest absolute Gasteiger partial charge is 0.291 e. The average Bonchev–Trinajstić information content (AvgIpc) is 3.43. The number of carbonyl (C=O) groups is 1. The summed E-state index contributed by atoms with van der Waals surface area (Å²) >= 11 is 0.299. The Morgan fingerprint density at radius 2 is 1.97 bits per heavy atom. The molecule has 1 aliphatic rings. The number of fused-ring (bicyclic) bond motifs is 1. The number of amides is 1. The summed E-state index contributed by atoms with van der Waals surface area (Å²) in [6, 6.07) is 12.5. The van der Waals surface area contributed by atoms with E-state index in [0.29, 0.717) is 53.5 Å². The minimum atomic E-state index is -2.65. The van der Waals surface area contributed by atoms with E-state index in [1.165, 1.54) is 4.57 Å². The number of benzene rings is 2. The average molecular weight is 477 g/mol. The van der Waals surface area contributed by atoms with E-state index in [2.05, 4.69) is 15.5 Å². The first-order valence-electron chi connectivity index (χ1n) is 10.3. The minimum absolute atomic E-state index is 0.0532. The van der Waals surface area contributed by atoms with Gasteiger partial charge in [-0.25, -0.2) is 0 Å². The fourth-order valence-corrected chi connectivity index (χ4v) is 3.84. The summed E-state index contributed by atoms with van der Waals surface area (Å²) < 4.78 is 43.6. The summed E-state index contributed by atoms with van der Waals surface area (Å²) in [6.45, 7) is 3.06. The maximum Gasteiger partial charge on any atom is 0.291 e. The summed E-state index contributed by atoms with van der Waals surface area (Å²) in [4.78, 5) is 12.5. The van der Waals surface area contributed by atoms with Crippen molar-refractivity contribution >= 4 is 17.7 Å². The topological polar surface area (TPSA) is 87.5 Å². The number of alkyl halides is 2. The van der Waals surface area contributed by atoms with Crippen LogP contribution in [0.25, 0.3) is 11.4 Å². The maximum atomic E-state index is 13.0. The van der Waals surface area contributed by atoms with Crippen molar-refractivity contribution in [2.75, 3.05) is 13.4 Å². The van der Waals surface area contributed by atoms with E-state index in [1.54, 1.807) is 30.3 Å². The molecule has 1 amide bonds. The zero-order chi connectivity index (χ0) is 23.2. The summed E-state index contributed by atoms with van der Waals surface area (Å²) in [5.41, 5.74) is 1.55. The molecule has 11 heteroatoms. The van der Waals surface area contributed by atoms with Gasteiger partial charge in [0, 0.05) is 25.1 Å². The lowest BCUT2D eigenvalue weighted by Crippen LogP contribution is -2.24. The first-order valence-corrected chi connectivity index (χ1v) is 11.2. The Hall–Kier alpha value is -3.34. The lowest BCUT2D eigenvalue weighted by atomic mass is 10.2. The predicted octanol–water partition coefficient (Wildman–Crippen LogP) is 4.09. The lowest BCUT2D eigenvalue weighted by Gasteiger charge is -2.11. The molecule has 0 aliphatic carbocycles. The quantitative estimate of drug-likeness (QED) is 0.441. The first kappa shape index (κ1) is 22.8. The Bertz CT molecular complexity index is 1110. The molecule has 2 aromatic carbocycles. The minimum Gasteiger partial charge on any atom is -0.494 e. The van der Waals surface area contributed by atoms with Crippen LogP contribution in [0.2, 0.25) is 0 Å². The van der Waals surface area contributed by atoms with Crippen molar-refractivity contribution in [3.8, 4) is 28.6 Å². The number of nitrogens with one attached hydrogen (secondary N) is 1. The molecule has 0 saturated heterocycles. The van der Waals surface area contributed by atoms with E-state index in [-0.39, 0.29) is 30.8 Å². The summed E-state index contributed by atoms with van der Waals surface area (Å²) in [7, 11) is 0. The molecule has 8 nitrogen and oxygen atoms in total. The van der Waals surface area contributed by atoms with Gasteiger partial charge in [0.05, 0.1) is 6.61 Å². The van der Waals surface area contributed by atoms with Crippen molar-refractivity contribution in [2.45, 2.75) is 37.3 Å². The molecule has 2 heterocycles. The van der Waals surface area contributed by atoms with Crippen LogP contribution in [-0.2, 0) is 17.9 Å². The van der Waals surface area contributed by atoms with Gasteiger partial charge in [-0.05, 0) is 60.6 Å². The molecule has 0 fully saturated rings. The number of nitrogens with zero attached hydrogens (tertiary/aromatic N) is 3. The molecule has 0 radical (unpaired) electrons. The zero-order valence-electron chi connectivity index (χ0n) is 17.8. The molecule has 0 saturated carbocycles. The highest BCUT2D eigenvalue weighted by Gasteiger charge is 2.19. The highest BCUT2D eigenvalue weighted by atomic mass is 32.2. The van der Waals surface area contributed by atoms with Crippen LogP contribution in [-0.4, -0.2) is 39.8 Å². The van der Waals surface area contributed by atoms with E-state index in [0.717, 1.165) is 5.56 Å². The maximum absolute atomic E-state index is 13.0. The van der Waals surface area contributed by atoms with Crippen LogP contribution in [0.4, 0.5) is 8.78 Å². The zero-order valence-corrected chi connectivity index (χ0v) is 18.6. The molecular weight excluding hydrogens is 454 g/mol. The third-order valence-corrected chi connectivity index (χ3v) is 5.52. The van der Waals surface area contributed by atoms with Gasteiger partial charge in [0.2, 0.25) is 12.7 Å². The van der Waals surface area contributed by atoms with Gasteiger partial charge in [0.15, 0.2) is 22.5 Å². The van der Waals surface area contributed by atoms with E-state index in [1.807, 2.05) is 19.1 Å². The van der Waals surface area contributed by atoms with Crippen molar-refractivity contribution < 1.29 is 27.8 Å². The molecule has 0 bridgehead atoms. The van der Waals surface area contributed by atoms with E-state index >= 15 is 0 Å². The van der Waals surface area contributed by atoms with E-state index < -0.39 is 5.76 Å². The van der Waals surface area contributed by atoms with Gasteiger partial charge < -0.3 is 24.1 Å². The van der Waals surface area contributed by atoms with Gasteiger partial charge in [0.25, 0.3) is 5.76 Å². The molecule has 33 heavy (non-hydrogen) atoms. The summed E-state index contributed by atoms with van der Waals surface area (Å²) in [6.07, 6.45) is 0.0728. The van der Waals surface area contributed by atoms with Crippen LogP contribution in [0, 0.1) is 0 Å². The van der Waals surface area contributed by atoms with Gasteiger partial charge in [-0.15, -0.1) is 10.2 Å². The van der Waals surface area contributed by atoms with Crippen LogP contribution < -0.4 is 19.5 Å². The van der Waals surface area contributed by atoms with Crippen molar-refractivity contribution in [3.63, 3.8) is 0 Å². The van der Waals surface area contributed by atoms with E-state index in [4.69, 9.17) is 14.2 Å². The Labute approximate surface area is 193 Å². The normalized spacial score (nSPS) is 12.2. The largest absolute Gasteiger partial charge is 0.494 e. The van der Waals surface area contributed by atoms with Gasteiger partial charge in [-0.2, -0.15) is 8.78 Å². The van der Waals surface area contributed by atoms with Gasteiger partial charge in [0.1, 0.15) is 5.75 Å². The van der Waals surface area contributed by atoms with Gasteiger partial charge in [-0.1, -0.05) is 6.07 Å². The van der Waals surface area contributed by atoms with Crippen molar-refractivity contribution in [1.82, 2.24) is 20.1 Å². The Balaban J connectivity index is 1.42. The second kappa shape index (κ2) is 10.5. The SMILES string of the molecule is CCOc1ccc(-c2nnc(SC(F)F)n2CCC(=O)NCc2ccc3c(c2)OCO3)cc1. The number of halogens is 2. The number of carbonyl (C=O) groups excluding carboxylic acids is 1. The second-order valence-electron chi connectivity index (χ2n) is 7.01. The Morgan fingerprint density at radius 1 is 1.18 bits per heavy atom. The van der Waals surface area contributed by atoms with Crippen LogP contribution in [0.5, 0.6) is 17.2 Å². The molecule has 3 aromatic rings. The number of rotatable bonds is 10. The van der Waals surface area contributed by atoms with Gasteiger partial charge in [-0.3, -0.25) is 4.79 Å². The molecule has 0 spiro atoms. The van der Waals surface area contributed by atoms with E-state index in [9.17, 15) is 13.6 Å². The molecule has 0 unspecified atom stereocenters. The first-order chi connectivity index (χ1) is 16.0. The Morgan fingerprint density at radius 3 is 2.73 bits per heavy atom. The Kier molecular flexibility index (Phi) is 7.28. The molecule has 1 N–H and O–H groups in total. The monoisotopic (exact) mass is 476 g/mol. The molecule has 0 atom stereocenters. The molecule has 1 aromatic heterocycles. The fourth-order valence-electron chi connectivity index (χ4n) is 3.29. The highest BCUT2D eigenvalue weighted by molar-refractivity contribution is 7.99. The molecule has 174 valence electrons. The predicted molar refractivity (Wildman–Crippen MR) is 118 cm³/mol. The molecular formula is C22H22F2N4O4S. The summed E-state index contributed by atoms with van der Waals surface area (Å²) in [5, 5.41) is 10.9.